The minimum Gasteiger partial charge on any atom is -0.369 e. The van der Waals surface area contributed by atoms with E-state index in [-0.39, 0.29) is 18.4 Å². The fourth-order valence-corrected chi connectivity index (χ4v) is 4.00. The van der Waals surface area contributed by atoms with Crippen molar-refractivity contribution in [1.29, 1.82) is 0 Å². The van der Waals surface area contributed by atoms with E-state index in [1.807, 2.05) is 37.3 Å². The average molecular weight is 407 g/mol. The Hall–Kier alpha value is -3.26. The molecular weight excluding hydrogens is 382 g/mol. The molecule has 0 fully saturated rings. The van der Waals surface area contributed by atoms with Crippen LogP contribution in [0.5, 0.6) is 0 Å². The van der Waals surface area contributed by atoms with Gasteiger partial charge in [0.25, 0.3) is 11.8 Å². The summed E-state index contributed by atoms with van der Waals surface area (Å²) in [5.41, 5.74) is 2.41. The Morgan fingerprint density at radius 1 is 1.17 bits per heavy atom. The molecule has 0 saturated carbocycles. The van der Waals surface area contributed by atoms with Crippen molar-refractivity contribution in [2.24, 2.45) is 0 Å². The predicted octanol–water partition coefficient (Wildman–Crippen LogP) is 1.92. The zero-order chi connectivity index (χ0) is 21.5. The molecule has 30 heavy (non-hydrogen) atoms. The van der Waals surface area contributed by atoms with Gasteiger partial charge in [-0.15, -0.1) is 10.2 Å². The molecule has 2 aliphatic rings. The van der Waals surface area contributed by atoms with Crippen LogP contribution in [-0.2, 0) is 9.59 Å². The average Bonchev–Trinajstić information content (AvgIpc) is 2.93. The number of carbonyl (C=O) groups excluding carboxylic acids is 2. The van der Waals surface area contributed by atoms with Gasteiger partial charge in [0.05, 0.1) is 12.2 Å². The van der Waals surface area contributed by atoms with Gasteiger partial charge in [0.1, 0.15) is 5.70 Å². The first-order valence-corrected chi connectivity index (χ1v) is 9.97. The van der Waals surface area contributed by atoms with Crippen LogP contribution in [0.3, 0.4) is 0 Å². The molecule has 4 rings (SSSR count). The number of nitrogens with zero attached hydrogens (tertiary/aromatic N) is 4. The first-order chi connectivity index (χ1) is 14.2. The van der Waals surface area contributed by atoms with Crippen LogP contribution in [0, 0.1) is 6.92 Å². The Bertz CT molecular complexity index is 1030. The summed E-state index contributed by atoms with van der Waals surface area (Å²) in [7, 11) is 1.49. The molecule has 1 unspecified atom stereocenters. The second-order valence-electron chi connectivity index (χ2n) is 8.09. The van der Waals surface area contributed by atoms with Crippen LogP contribution in [0.15, 0.2) is 47.7 Å². The molecule has 0 spiro atoms. The molecule has 2 N–H and O–H groups in total. The molecule has 3 heterocycles. The van der Waals surface area contributed by atoms with Crippen molar-refractivity contribution >= 4 is 17.6 Å². The molecule has 8 heteroatoms. The molecular formula is C22H25N5O3. The number of carbonyl (C=O) groups is 2. The second-order valence-corrected chi connectivity index (χ2v) is 8.09. The summed E-state index contributed by atoms with van der Waals surface area (Å²) >= 11 is 0. The van der Waals surface area contributed by atoms with Gasteiger partial charge in [0, 0.05) is 24.7 Å². The third kappa shape index (κ3) is 3.78. The molecule has 0 aliphatic carbocycles. The highest BCUT2D eigenvalue weighted by Gasteiger charge is 2.42. The van der Waals surface area contributed by atoms with Crippen LogP contribution in [0.2, 0.25) is 0 Å². The number of anilines is 1. The van der Waals surface area contributed by atoms with E-state index in [1.165, 1.54) is 7.05 Å². The standard InChI is InChI=1S/C22H25N5O3/c1-14-6-4-7-15(12-14)17-9-10-18(25-24-17)23-22(2,30)13-27-11-5-8-16-19(27)21(29)26(3)20(16)28/h4,6-7,9-10,12,30H,5,8,11,13H2,1-3H3,(H,23,25). The van der Waals surface area contributed by atoms with E-state index in [0.29, 0.717) is 30.1 Å². The number of aryl methyl sites for hydroxylation is 1. The number of aliphatic hydroxyl groups is 1. The largest absolute Gasteiger partial charge is 0.369 e. The Balaban J connectivity index is 1.48. The van der Waals surface area contributed by atoms with Crippen molar-refractivity contribution in [3.8, 4) is 11.3 Å². The van der Waals surface area contributed by atoms with Crippen molar-refractivity contribution in [1.82, 2.24) is 20.0 Å². The highest BCUT2D eigenvalue weighted by molar-refractivity contribution is 6.18. The molecule has 0 radical (unpaired) electrons. The number of hydrogen-bond donors (Lipinski definition) is 2. The van der Waals surface area contributed by atoms with Gasteiger partial charge in [-0.3, -0.25) is 14.5 Å². The topological polar surface area (TPSA) is 98.7 Å². The van der Waals surface area contributed by atoms with Gasteiger partial charge in [-0.1, -0.05) is 23.8 Å². The fraction of sp³-hybridized carbons (Fsp3) is 0.364. The minimum absolute atomic E-state index is 0.139. The summed E-state index contributed by atoms with van der Waals surface area (Å²) in [5.74, 6) is -0.133. The Morgan fingerprint density at radius 3 is 2.67 bits per heavy atom. The molecule has 1 aromatic heterocycles. The van der Waals surface area contributed by atoms with Crippen molar-refractivity contribution in [3.63, 3.8) is 0 Å². The normalized spacial score (nSPS) is 18.5. The molecule has 8 nitrogen and oxygen atoms in total. The summed E-state index contributed by atoms with van der Waals surface area (Å²) in [6.45, 7) is 4.37. The third-order valence-electron chi connectivity index (χ3n) is 5.40. The van der Waals surface area contributed by atoms with Gasteiger partial charge in [-0.2, -0.15) is 0 Å². The lowest BCUT2D eigenvalue weighted by molar-refractivity contribution is -0.136. The molecule has 2 aliphatic heterocycles. The van der Waals surface area contributed by atoms with Gasteiger partial charge in [0.15, 0.2) is 11.5 Å². The maximum Gasteiger partial charge on any atom is 0.277 e. The van der Waals surface area contributed by atoms with E-state index < -0.39 is 5.72 Å². The number of imide groups is 1. The van der Waals surface area contributed by atoms with Crippen LogP contribution in [0.4, 0.5) is 5.82 Å². The highest BCUT2D eigenvalue weighted by Crippen LogP contribution is 2.31. The lowest BCUT2D eigenvalue weighted by atomic mass is 10.0. The van der Waals surface area contributed by atoms with Gasteiger partial charge >= 0.3 is 0 Å². The maximum atomic E-state index is 12.5. The summed E-state index contributed by atoms with van der Waals surface area (Å²) in [6.07, 6.45) is 1.34. The Kier molecular flexibility index (Phi) is 5.03. The first kappa shape index (κ1) is 20.0. The molecule has 156 valence electrons. The van der Waals surface area contributed by atoms with E-state index >= 15 is 0 Å². The molecule has 1 atom stereocenters. The second kappa shape index (κ2) is 7.53. The van der Waals surface area contributed by atoms with Crippen molar-refractivity contribution in [2.75, 3.05) is 25.5 Å². The van der Waals surface area contributed by atoms with E-state index in [2.05, 4.69) is 15.5 Å². The number of rotatable bonds is 5. The van der Waals surface area contributed by atoms with E-state index in [4.69, 9.17) is 0 Å². The highest BCUT2D eigenvalue weighted by atomic mass is 16.3. The monoisotopic (exact) mass is 407 g/mol. The zero-order valence-corrected chi connectivity index (χ0v) is 17.3. The van der Waals surface area contributed by atoms with Crippen LogP contribution in [-0.4, -0.2) is 62.8 Å². The molecule has 1 aromatic carbocycles. The minimum atomic E-state index is -1.38. The SMILES string of the molecule is Cc1cccc(-c2ccc(NC(C)(O)CN3CCCC4=C3C(=O)N(C)C4=O)nn2)c1. The number of likely N-dealkylation sites (N-methyl/N-ethyl adjacent to an activating group) is 1. The van der Waals surface area contributed by atoms with E-state index in [0.717, 1.165) is 28.1 Å². The van der Waals surface area contributed by atoms with Gasteiger partial charge < -0.3 is 15.3 Å². The van der Waals surface area contributed by atoms with Gasteiger partial charge in [-0.05, 0) is 44.9 Å². The Labute approximate surface area is 175 Å². The lowest BCUT2D eigenvalue weighted by Gasteiger charge is -2.36. The third-order valence-corrected chi connectivity index (χ3v) is 5.40. The number of hydrogen-bond acceptors (Lipinski definition) is 7. The summed E-state index contributed by atoms with van der Waals surface area (Å²) in [6, 6.07) is 11.6. The number of nitrogens with one attached hydrogen (secondary N) is 1. The number of benzene rings is 1. The molecule has 0 bridgehead atoms. The first-order valence-electron chi connectivity index (χ1n) is 9.97. The fourth-order valence-electron chi connectivity index (χ4n) is 4.00. The molecule has 2 aromatic rings. The summed E-state index contributed by atoms with van der Waals surface area (Å²) in [4.78, 5) is 27.6. The van der Waals surface area contributed by atoms with Crippen molar-refractivity contribution in [3.05, 3.63) is 53.2 Å². The van der Waals surface area contributed by atoms with Crippen LogP contribution in [0.1, 0.15) is 25.3 Å². The lowest BCUT2D eigenvalue weighted by Crippen LogP contribution is -2.48. The van der Waals surface area contributed by atoms with Gasteiger partial charge in [0.2, 0.25) is 0 Å². The smallest absolute Gasteiger partial charge is 0.277 e. The molecule has 2 amide bonds. The maximum absolute atomic E-state index is 12.5. The quantitative estimate of drug-likeness (QED) is 0.577. The van der Waals surface area contributed by atoms with Crippen molar-refractivity contribution in [2.45, 2.75) is 32.4 Å². The van der Waals surface area contributed by atoms with Crippen molar-refractivity contribution < 1.29 is 14.7 Å². The predicted molar refractivity (Wildman–Crippen MR) is 112 cm³/mol. The van der Waals surface area contributed by atoms with Crippen LogP contribution >= 0.6 is 0 Å². The van der Waals surface area contributed by atoms with E-state index in [9.17, 15) is 14.7 Å². The number of β-amino-alcohol motifs (C(OH)–C–C–N with tert-alkyl or cyclic N) is 1. The number of amides is 2. The number of aromatic nitrogens is 2. The van der Waals surface area contributed by atoms with Gasteiger partial charge in [-0.25, -0.2) is 0 Å². The zero-order valence-electron chi connectivity index (χ0n) is 17.3. The summed E-state index contributed by atoms with van der Waals surface area (Å²) in [5, 5.41) is 22.4. The van der Waals surface area contributed by atoms with E-state index in [1.54, 1.807) is 17.9 Å². The van der Waals surface area contributed by atoms with Crippen LogP contribution in [0.25, 0.3) is 11.3 Å². The summed E-state index contributed by atoms with van der Waals surface area (Å²) < 4.78 is 0. The molecule has 0 saturated heterocycles. The Morgan fingerprint density at radius 2 is 1.97 bits per heavy atom. The van der Waals surface area contributed by atoms with Crippen LogP contribution < -0.4 is 5.32 Å².